The smallest absolute Gasteiger partial charge is 0.251 e. The molecular formula is C26H31FN8O3. The van der Waals surface area contributed by atoms with Crippen LogP contribution < -0.4 is 15.4 Å². The van der Waals surface area contributed by atoms with E-state index >= 15 is 0 Å². The summed E-state index contributed by atoms with van der Waals surface area (Å²) in [5.74, 6) is -0.768. The van der Waals surface area contributed by atoms with Crippen molar-refractivity contribution < 1.29 is 18.7 Å². The van der Waals surface area contributed by atoms with Crippen molar-refractivity contribution in [2.75, 3.05) is 51.8 Å². The summed E-state index contributed by atoms with van der Waals surface area (Å²) in [5.41, 5.74) is 9.20. The first-order valence-electron chi connectivity index (χ1n) is 12.4. The summed E-state index contributed by atoms with van der Waals surface area (Å²) in [4.78, 5) is 20.9. The molecule has 1 fully saturated rings. The minimum absolute atomic E-state index is 0.190. The van der Waals surface area contributed by atoms with Crippen LogP contribution in [0.15, 0.2) is 36.8 Å². The summed E-state index contributed by atoms with van der Waals surface area (Å²) in [6.07, 6.45) is 5.64. The van der Waals surface area contributed by atoms with Crippen LogP contribution in [-0.2, 0) is 4.74 Å². The average molecular weight is 523 g/mol. The van der Waals surface area contributed by atoms with Crippen LogP contribution in [0, 0.1) is 12.7 Å². The first-order valence-corrected chi connectivity index (χ1v) is 12.4. The highest BCUT2D eigenvalue weighted by Crippen LogP contribution is 2.32. The molecule has 0 spiro atoms. The van der Waals surface area contributed by atoms with Gasteiger partial charge in [0.15, 0.2) is 0 Å². The first-order chi connectivity index (χ1) is 18.3. The van der Waals surface area contributed by atoms with Gasteiger partial charge in [0.05, 0.1) is 48.2 Å². The van der Waals surface area contributed by atoms with E-state index in [9.17, 15) is 9.18 Å². The van der Waals surface area contributed by atoms with Gasteiger partial charge in [0, 0.05) is 52.1 Å². The van der Waals surface area contributed by atoms with Crippen molar-refractivity contribution in [2.45, 2.75) is 20.0 Å². The molecule has 3 aromatic heterocycles. The molecule has 1 aliphatic heterocycles. The number of carbonyl (C=O) groups excluding carboxylic acids is 1. The third-order valence-corrected chi connectivity index (χ3v) is 6.99. The first kappa shape index (κ1) is 25.6. The van der Waals surface area contributed by atoms with Crippen molar-refractivity contribution in [3.8, 4) is 22.8 Å². The number of nitrogens with zero attached hydrogens (tertiary/aromatic N) is 7. The second-order valence-electron chi connectivity index (χ2n) is 9.46. The fourth-order valence-corrected chi connectivity index (χ4v) is 4.79. The van der Waals surface area contributed by atoms with Crippen LogP contribution in [-0.4, -0.2) is 88.2 Å². The van der Waals surface area contributed by atoms with Gasteiger partial charge in [-0.15, -0.1) is 5.10 Å². The predicted molar refractivity (Wildman–Crippen MR) is 140 cm³/mol. The van der Waals surface area contributed by atoms with Gasteiger partial charge in [0.1, 0.15) is 22.9 Å². The molecular weight excluding hydrogens is 491 g/mol. The van der Waals surface area contributed by atoms with Crippen molar-refractivity contribution in [2.24, 2.45) is 5.73 Å². The number of primary amides is 1. The number of hydrogen-bond acceptors (Lipinski definition) is 8. The molecule has 0 radical (unpaired) electrons. The number of aromatic nitrogens is 5. The Morgan fingerprint density at radius 2 is 1.89 bits per heavy atom. The van der Waals surface area contributed by atoms with Gasteiger partial charge < -0.3 is 20.1 Å². The van der Waals surface area contributed by atoms with E-state index in [1.807, 2.05) is 16.7 Å². The number of benzene rings is 1. The SMILES string of the molecule is COc1cc2ncc(-c3cn(-c4cc(C(N)=O)c(F)cc4C)nn3)n2cc1N1CCN(C[C@@H](C)OC)CC1. The number of nitrogens with two attached hydrogens (primary N) is 1. The molecule has 0 unspecified atom stereocenters. The number of anilines is 1. The van der Waals surface area contributed by atoms with Gasteiger partial charge >= 0.3 is 0 Å². The summed E-state index contributed by atoms with van der Waals surface area (Å²) >= 11 is 0. The van der Waals surface area contributed by atoms with Gasteiger partial charge in [0.25, 0.3) is 5.91 Å². The fourth-order valence-electron chi connectivity index (χ4n) is 4.79. The molecule has 1 aliphatic rings. The van der Waals surface area contributed by atoms with E-state index in [1.54, 1.807) is 33.5 Å². The molecule has 1 saturated heterocycles. The largest absolute Gasteiger partial charge is 0.494 e. The summed E-state index contributed by atoms with van der Waals surface area (Å²) < 4.78 is 28.8. The van der Waals surface area contributed by atoms with Crippen LogP contribution >= 0.6 is 0 Å². The molecule has 5 rings (SSSR count). The van der Waals surface area contributed by atoms with Crippen LogP contribution in [0.1, 0.15) is 22.8 Å². The molecule has 200 valence electrons. The lowest BCUT2D eigenvalue weighted by Crippen LogP contribution is -2.48. The number of fused-ring (bicyclic) bond motifs is 1. The number of halogens is 1. The maximum Gasteiger partial charge on any atom is 0.251 e. The van der Waals surface area contributed by atoms with E-state index in [4.69, 9.17) is 15.2 Å². The van der Waals surface area contributed by atoms with Crippen LogP contribution in [0.4, 0.5) is 10.1 Å². The predicted octanol–water partition coefficient (Wildman–Crippen LogP) is 2.29. The van der Waals surface area contributed by atoms with Crippen LogP contribution in [0.2, 0.25) is 0 Å². The highest BCUT2D eigenvalue weighted by Gasteiger charge is 2.23. The summed E-state index contributed by atoms with van der Waals surface area (Å²) in [6, 6.07) is 4.56. The van der Waals surface area contributed by atoms with E-state index in [-0.39, 0.29) is 11.7 Å². The lowest BCUT2D eigenvalue weighted by Gasteiger charge is -2.37. The Morgan fingerprint density at radius 1 is 1.13 bits per heavy atom. The summed E-state index contributed by atoms with van der Waals surface area (Å²) in [5, 5.41) is 8.56. The Kier molecular flexibility index (Phi) is 7.00. The Hall–Kier alpha value is -4.03. The molecule has 1 amide bonds. The number of pyridine rings is 1. The Labute approximate surface area is 219 Å². The molecule has 1 atom stereocenters. The highest BCUT2D eigenvalue weighted by atomic mass is 19.1. The van der Waals surface area contributed by atoms with E-state index < -0.39 is 11.7 Å². The lowest BCUT2D eigenvalue weighted by molar-refractivity contribution is 0.0749. The fraction of sp³-hybridized carbons (Fsp3) is 0.385. The minimum Gasteiger partial charge on any atom is -0.494 e. The lowest BCUT2D eigenvalue weighted by atomic mass is 10.1. The molecule has 11 nitrogen and oxygen atoms in total. The van der Waals surface area contributed by atoms with Gasteiger partial charge in [-0.25, -0.2) is 14.1 Å². The normalized spacial score (nSPS) is 15.2. The molecule has 2 N–H and O–H groups in total. The number of hydrogen-bond donors (Lipinski definition) is 1. The van der Waals surface area contributed by atoms with Crippen LogP contribution in [0.25, 0.3) is 22.7 Å². The number of ether oxygens (including phenoxy) is 2. The third-order valence-electron chi connectivity index (χ3n) is 6.99. The zero-order chi connectivity index (χ0) is 27.0. The van der Waals surface area contributed by atoms with Gasteiger partial charge in [0.2, 0.25) is 0 Å². The molecule has 12 heteroatoms. The number of methoxy groups -OCH3 is 2. The number of piperazine rings is 1. The molecule has 0 saturated carbocycles. The third kappa shape index (κ3) is 4.79. The van der Waals surface area contributed by atoms with Gasteiger partial charge in [-0.05, 0) is 31.5 Å². The Balaban J connectivity index is 1.46. The van der Waals surface area contributed by atoms with Gasteiger partial charge in [-0.3, -0.25) is 14.1 Å². The maximum absolute atomic E-state index is 14.2. The quantitative estimate of drug-likeness (QED) is 0.375. The second-order valence-corrected chi connectivity index (χ2v) is 9.46. The van der Waals surface area contributed by atoms with Crippen molar-refractivity contribution in [1.29, 1.82) is 0 Å². The van der Waals surface area contributed by atoms with E-state index in [1.165, 1.54) is 16.8 Å². The van der Waals surface area contributed by atoms with Gasteiger partial charge in [-0.1, -0.05) is 5.21 Å². The molecule has 38 heavy (non-hydrogen) atoms. The topological polar surface area (TPSA) is 116 Å². The maximum atomic E-state index is 14.2. The molecule has 0 bridgehead atoms. The highest BCUT2D eigenvalue weighted by molar-refractivity contribution is 5.93. The summed E-state index contributed by atoms with van der Waals surface area (Å²) in [7, 11) is 3.40. The van der Waals surface area contributed by atoms with E-state index in [2.05, 4.69) is 32.0 Å². The molecule has 1 aromatic carbocycles. The van der Waals surface area contributed by atoms with Gasteiger partial charge in [-0.2, -0.15) is 0 Å². The van der Waals surface area contributed by atoms with Crippen LogP contribution in [0.5, 0.6) is 5.75 Å². The molecule has 0 aliphatic carbocycles. The zero-order valence-electron chi connectivity index (χ0n) is 21.9. The Morgan fingerprint density at radius 3 is 2.58 bits per heavy atom. The number of aryl methyl sites for hydroxylation is 1. The minimum atomic E-state index is -0.846. The number of amides is 1. The summed E-state index contributed by atoms with van der Waals surface area (Å²) in [6.45, 7) is 8.25. The van der Waals surface area contributed by atoms with Crippen molar-refractivity contribution in [3.63, 3.8) is 0 Å². The second kappa shape index (κ2) is 10.4. The number of carbonyl (C=O) groups is 1. The number of rotatable bonds is 8. The molecule has 4 heterocycles. The van der Waals surface area contributed by atoms with E-state index in [0.29, 0.717) is 22.6 Å². The van der Waals surface area contributed by atoms with Crippen LogP contribution in [0.3, 0.4) is 0 Å². The average Bonchev–Trinajstić information content (AvgIpc) is 3.55. The monoisotopic (exact) mass is 522 g/mol. The standard InChI is InChI=1S/C26H31FN8O3/c1-16-9-19(27)18(26(28)36)10-21(16)35-14-20(30-31-35)22-12-29-25-11-24(38-4)23(15-34(22)25)33-7-5-32(6-8-33)13-17(2)37-3/h9-12,14-15,17H,5-8,13H2,1-4H3,(H2,28,36)/t17-/m1/s1. The van der Waals surface area contributed by atoms with Crippen molar-refractivity contribution in [1.82, 2.24) is 29.3 Å². The zero-order valence-corrected chi connectivity index (χ0v) is 21.9. The molecule has 4 aromatic rings. The number of imidazole rings is 1. The van der Waals surface area contributed by atoms with Crippen molar-refractivity contribution >= 4 is 17.2 Å². The van der Waals surface area contributed by atoms with E-state index in [0.717, 1.165) is 49.9 Å². The Bertz CT molecular complexity index is 1470. The van der Waals surface area contributed by atoms with Crippen molar-refractivity contribution in [3.05, 3.63) is 53.7 Å².